The van der Waals surface area contributed by atoms with E-state index in [1.807, 2.05) is 44.1 Å². The average Bonchev–Trinajstić information content (AvgIpc) is 3.01. The van der Waals surface area contributed by atoms with Gasteiger partial charge in [0.25, 0.3) is 5.91 Å². The molecule has 0 aliphatic carbocycles. The number of anilines is 1. The van der Waals surface area contributed by atoms with Gasteiger partial charge in [-0.15, -0.1) is 12.4 Å². The summed E-state index contributed by atoms with van der Waals surface area (Å²) in [5, 5.41) is 0.767. The average molecular weight is 418 g/mol. The number of fused-ring (bicyclic) bond motifs is 1. The lowest BCUT2D eigenvalue weighted by Gasteiger charge is -2.22. The summed E-state index contributed by atoms with van der Waals surface area (Å²) in [6.07, 6.45) is 0. The van der Waals surface area contributed by atoms with Crippen molar-refractivity contribution in [3.05, 3.63) is 58.1 Å². The maximum absolute atomic E-state index is 13.3. The van der Waals surface area contributed by atoms with Crippen LogP contribution in [0.2, 0.25) is 0 Å². The van der Waals surface area contributed by atoms with Crippen LogP contribution in [-0.4, -0.2) is 43.0 Å². The van der Waals surface area contributed by atoms with E-state index >= 15 is 0 Å². The van der Waals surface area contributed by atoms with E-state index in [4.69, 9.17) is 4.98 Å². The van der Waals surface area contributed by atoms with Crippen LogP contribution in [0.25, 0.3) is 10.2 Å². The van der Waals surface area contributed by atoms with Crippen LogP contribution in [0, 0.1) is 27.7 Å². The van der Waals surface area contributed by atoms with Gasteiger partial charge in [0.05, 0.1) is 10.2 Å². The van der Waals surface area contributed by atoms with E-state index in [2.05, 4.69) is 37.8 Å². The van der Waals surface area contributed by atoms with Crippen molar-refractivity contribution in [1.29, 1.82) is 0 Å². The summed E-state index contributed by atoms with van der Waals surface area (Å²) in [6, 6.07) is 10.2. The fourth-order valence-electron chi connectivity index (χ4n) is 3.09. The predicted octanol–water partition coefficient (Wildman–Crippen LogP) is 5.16. The summed E-state index contributed by atoms with van der Waals surface area (Å²) in [5.41, 5.74) is 6.40. The summed E-state index contributed by atoms with van der Waals surface area (Å²) in [7, 11) is 4.04. The van der Waals surface area contributed by atoms with Crippen LogP contribution in [0.4, 0.5) is 5.13 Å². The Morgan fingerprint density at radius 2 is 1.68 bits per heavy atom. The Morgan fingerprint density at radius 3 is 2.32 bits per heavy atom. The molecule has 0 saturated heterocycles. The van der Waals surface area contributed by atoms with Crippen molar-refractivity contribution in [2.45, 2.75) is 27.7 Å². The third-order valence-corrected chi connectivity index (χ3v) is 6.04. The molecule has 0 spiro atoms. The Kier molecular flexibility index (Phi) is 7.21. The van der Waals surface area contributed by atoms with Gasteiger partial charge < -0.3 is 4.90 Å². The standard InChI is InChI=1S/C22H27N3OS.ClH/c1-14-11-17(4)20-19(12-14)23-22(27-20)25(10-9-24(5)6)21(26)18-8-7-15(2)16(3)13-18;/h7-8,11-13H,9-10H2,1-6H3;1H. The smallest absolute Gasteiger partial charge is 0.260 e. The number of rotatable bonds is 5. The zero-order chi connectivity index (χ0) is 19.7. The normalized spacial score (nSPS) is 11.0. The Bertz CT molecular complexity index is 997. The molecule has 0 unspecified atom stereocenters. The first kappa shape index (κ1) is 22.3. The second-order valence-electron chi connectivity index (χ2n) is 7.49. The maximum atomic E-state index is 13.3. The number of hydrogen-bond acceptors (Lipinski definition) is 4. The molecule has 3 rings (SSSR count). The van der Waals surface area contributed by atoms with Crippen molar-refractivity contribution in [3.8, 4) is 0 Å². The Labute approximate surface area is 177 Å². The number of benzene rings is 2. The summed E-state index contributed by atoms with van der Waals surface area (Å²) in [5.74, 6) is 0.00776. The van der Waals surface area contributed by atoms with Crippen molar-refractivity contribution in [2.24, 2.45) is 0 Å². The van der Waals surface area contributed by atoms with Gasteiger partial charge in [0.15, 0.2) is 5.13 Å². The molecule has 0 fully saturated rings. The Morgan fingerprint density at radius 1 is 0.964 bits per heavy atom. The van der Waals surface area contributed by atoms with Gasteiger partial charge in [0.2, 0.25) is 0 Å². The highest BCUT2D eigenvalue weighted by molar-refractivity contribution is 7.22. The molecule has 1 aromatic heterocycles. The molecular formula is C22H28ClN3OS. The molecule has 0 bridgehead atoms. The minimum Gasteiger partial charge on any atom is -0.308 e. The van der Waals surface area contributed by atoms with Gasteiger partial charge in [-0.25, -0.2) is 4.98 Å². The molecule has 150 valence electrons. The third-order valence-electron chi connectivity index (χ3n) is 4.81. The molecule has 0 radical (unpaired) electrons. The van der Waals surface area contributed by atoms with Crippen LogP contribution in [0.1, 0.15) is 32.6 Å². The molecular weight excluding hydrogens is 390 g/mol. The molecule has 4 nitrogen and oxygen atoms in total. The summed E-state index contributed by atoms with van der Waals surface area (Å²) >= 11 is 1.60. The molecule has 1 amide bonds. The van der Waals surface area contributed by atoms with E-state index in [-0.39, 0.29) is 18.3 Å². The Balaban J connectivity index is 0.00000280. The van der Waals surface area contributed by atoms with Gasteiger partial charge in [0.1, 0.15) is 0 Å². The van der Waals surface area contributed by atoms with Crippen molar-refractivity contribution in [3.63, 3.8) is 0 Å². The molecule has 0 aliphatic rings. The first-order valence-electron chi connectivity index (χ1n) is 9.18. The number of aryl methyl sites for hydroxylation is 4. The zero-order valence-corrected chi connectivity index (χ0v) is 19.0. The SMILES string of the molecule is Cc1cc(C)c2sc(N(CCN(C)C)C(=O)c3ccc(C)c(C)c3)nc2c1.Cl. The lowest BCUT2D eigenvalue weighted by atomic mass is 10.1. The fourth-order valence-corrected chi connectivity index (χ4v) is 4.13. The lowest BCUT2D eigenvalue weighted by molar-refractivity contribution is 0.0985. The van der Waals surface area contributed by atoms with Gasteiger partial charge in [-0.05, 0) is 82.2 Å². The largest absolute Gasteiger partial charge is 0.308 e. The van der Waals surface area contributed by atoms with Crippen LogP contribution in [0.5, 0.6) is 0 Å². The molecule has 0 N–H and O–H groups in total. The van der Waals surface area contributed by atoms with Crippen molar-refractivity contribution < 1.29 is 4.79 Å². The maximum Gasteiger partial charge on any atom is 0.260 e. The van der Waals surface area contributed by atoms with Crippen molar-refractivity contribution in [2.75, 3.05) is 32.1 Å². The fraction of sp³-hybridized carbons (Fsp3) is 0.364. The lowest BCUT2D eigenvalue weighted by Crippen LogP contribution is -2.36. The molecule has 28 heavy (non-hydrogen) atoms. The highest BCUT2D eigenvalue weighted by Crippen LogP contribution is 2.32. The van der Waals surface area contributed by atoms with Crippen LogP contribution >= 0.6 is 23.7 Å². The number of amides is 1. The van der Waals surface area contributed by atoms with Gasteiger partial charge in [-0.3, -0.25) is 9.69 Å². The summed E-state index contributed by atoms with van der Waals surface area (Å²) in [4.78, 5) is 22.0. The van der Waals surface area contributed by atoms with Crippen LogP contribution < -0.4 is 4.90 Å². The van der Waals surface area contributed by atoms with E-state index in [1.54, 1.807) is 11.3 Å². The van der Waals surface area contributed by atoms with E-state index in [0.717, 1.165) is 27.5 Å². The number of carbonyl (C=O) groups is 1. The number of hydrogen-bond donors (Lipinski definition) is 0. The number of aromatic nitrogens is 1. The van der Waals surface area contributed by atoms with Crippen LogP contribution in [-0.2, 0) is 0 Å². The van der Waals surface area contributed by atoms with E-state index < -0.39 is 0 Å². The summed E-state index contributed by atoms with van der Waals surface area (Å²) < 4.78 is 1.15. The van der Waals surface area contributed by atoms with Crippen molar-refractivity contribution >= 4 is 45.0 Å². The molecule has 6 heteroatoms. The summed E-state index contributed by atoms with van der Waals surface area (Å²) in [6.45, 7) is 9.68. The zero-order valence-electron chi connectivity index (χ0n) is 17.4. The molecule has 1 heterocycles. The molecule has 0 atom stereocenters. The highest BCUT2D eigenvalue weighted by Gasteiger charge is 2.22. The van der Waals surface area contributed by atoms with Crippen LogP contribution in [0.3, 0.4) is 0 Å². The van der Waals surface area contributed by atoms with Gasteiger partial charge in [0, 0.05) is 18.7 Å². The van der Waals surface area contributed by atoms with E-state index in [0.29, 0.717) is 12.1 Å². The predicted molar refractivity (Wildman–Crippen MR) is 122 cm³/mol. The number of thiazole rings is 1. The second kappa shape index (κ2) is 9.03. The monoisotopic (exact) mass is 417 g/mol. The number of halogens is 1. The first-order chi connectivity index (χ1) is 12.8. The van der Waals surface area contributed by atoms with E-state index in [1.165, 1.54) is 16.7 Å². The molecule has 2 aromatic carbocycles. The van der Waals surface area contributed by atoms with Crippen molar-refractivity contribution in [1.82, 2.24) is 9.88 Å². The second-order valence-corrected chi connectivity index (χ2v) is 8.46. The molecule has 3 aromatic rings. The number of carbonyl (C=O) groups excluding carboxylic acids is 1. The van der Waals surface area contributed by atoms with Gasteiger partial charge in [-0.2, -0.15) is 0 Å². The third kappa shape index (κ3) is 4.72. The number of likely N-dealkylation sites (N-methyl/N-ethyl adjacent to an activating group) is 1. The van der Waals surface area contributed by atoms with Gasteiger partial charge >= 0.3 is 0 Å². The quantitative estimate of drug-likeness (QED) is 0.575. The first-order valence-corrected chi connectivity index (χ1v) is 9.99. The van der Waals surface area contributed by atoms with Crippen LogP contribution in [0.15, 0.2) is 30.3 Å². The Hall–Kier alpha value is -1.95. The van der Waals surface area contributed by atoms with Gasteiger partial charge in [-0.1, -0.05) is 23.5 Å². The minimum atomic E-state index is 0. The number of nitrogens with zero attached hydrogens (tertiary/aromatic N) is 3. The van der Waals surface area contributed by atoms with E-state index in [9.17, 15) is 4.79 Å². The minimum absolute atomic E-state index is 0. The highest BCUT2D eigenvalue weighted by atomic mass is 35.5. The molecule has 0 saturated carbocycles. The topological polar surface area (TPSA) is 36.4 Å². The molecule has 0 aliphatic heterocycles.